The highest BCUT2D eigenvalue weighted by Crippen LogP contribution is 2.24. The quantitative estimate of drug-likeness (QED) is 0.522. The number of hydrogen-bond donors (Lipinski definition) is 0. The molecule has 0 spiro atoms. The predicted molar refractivity (Wildman–Crippen MR) is 92.7 cm³/mol. The van der Waals surface area contributed by atoms with Gasteiger partial charge in [-0.2, -0.15) is 0 Å². The number of aromatic nitrogens is 2. The van der Waals surface area contributed by atoms with E-state index in [1.807, 2.05) is 65.2 Å². The lowest BCUT2D eigenvalue weighted by Crippen LogP contribution is -1.92. The summed E-state index contributed by atoms with van der Waals surface area (Å²) >= 11 is 0. The van der Waals surface area contributed by atoms with Crippen molar-refractivity contribution in [1.82, 2.24) is 9.55 Å². The van der Waals surface area contributed by atoms with Gasteiger partial charge in [0, 0.05) is 11.6 Å². The van der Waals surface area contributed by atoms with Crippen LogP contribution in [0.25, 0.3) is 22.6 Å². The summed E-state index contributed by atoms with van der Waals surface area (Å²) in [6, 6.07) is 22.4. The maximum atomic E-state index is 5.50. The van der Waals surface area contributed by atoms with E-state index in [1.165, 1.54) is 0 Å². The van der Waals surface area contributed by atoms with Crippen molar-refractivity contribution < 1.29 is 9.15 Å². The van der Waals surface area contributed by atoms with Crippen molar-refractivity contribution in [1.29, 1.82) is 0 Å². The summed E-state index contributed by atoms with van der Waals surface area (Å²) in [6.45, 7) is 0. The topological polar surface area (TPSA) is 40.2 Å². The number of furan rings is 1. The first kappa shape index (κ1) is 14.2. The highest BCUT2D eigenvalue weighted by Gasteiger charge is 2.12. The van der Waals surface area contributed by atoms with Crippen LogP contribution >= 0.6 is 0 Å². The lowest BCUT2D eigenvalue weighted by atomic mass is 10.2. The van der Waals surface area contributed by atoms with Gasteiger partial charge in [-0.1, -0.05) is 12.1 Å². The summed E-state index contributed by atoms with van der Waals surface area (Å²) in [5.41, 5.74) is 2.73. The summed E-state index contributed by atoms with van der Waals surface area (Å²) in [5, 5.41) is 0. The van der Waals surface area contributed by atoms with Gasteiger partial charge in [0.2, 0.25) is 0 Å². The maximum absolute atomic E-state index is 5.50. The molecule has 0 aliphatic rings. The zero-order valence-corrected chi connectivity index (χ0v) is 13.1. The van der Waals surface area contributed by atoms with E-state index in [9.17, 15) is 0 Å². The fourth-order valence-electron chi connectivity index (χ4n) is 2.51. The molecule has 4 nitrogen and oxygen atoms in total. The van der Waals surface area contributed by atoms with Gasteiger partial charge in [0.1, 0.15) is 5.75 Å². The summed E-state index contributed by atoms with van der Waals surface area (Å²) in [7, 11) is 1.65. The fraction of sp³-hybridized carbons (Fsp3) is 0.0500. The molecule has 0 bridgehead atoms. The van der Waals surface area contributed by atoms with Gasteiger partial charge in [-0.25, -0.2) is 9.55 Å². The Balaban J connectivity index is 1.83. The molecule has 0 atom stereocenters. The largest absolute Gasteiger partial charge is 0.497 e. The molecule has 0 saturated carbocycles. The van der Waals surface area contributed by atoms with Crippen LogP contribution in [-0.4, -0.2) is 16.7 Å². The minimum absolute atomic E-state index is 0.690. The smallest absolute Gasteiger partial charge is 0.189 e. The number of imidazole rings is 1. The number of benzene rings is 2. The predicted octanol–water partition coefficient (Wildman–Crippen LogP) is 4.16. The van der Waals surface area contributed by atoms with E-state index in [-0.39, 0.29) is 0 Å². The molecule has 116 valence electrons. The first-order chi connectivity index (χ1) is 11.8. The van der Waals surface area contributed by atoms with Crippen LogP contribution in [0.3, 0.4) is 0 Å². The second-order valence-corrected chi connectivity index (χ2v) is 5.20. The highest BCUT2D eigenvalue weighted by molar-refractivity contribution is 5.81. The van der Waals surface area contributed by atoms with Gasteiger partial charge < -0.3 is 9.15 Å². The van der Waals surface area contributed by atoms with Crippen molar-refractivity contribution in [2.75, 3.05) is 7.11 Å². The third-order valence-electron chi connectivity index (χ3n) is 3.70. The number of hydrogen-bond acceptors (Lipinski definition) is 3. The average Bonchev–Trinajstić information content (AvgIpc) is 3.28. The molecule has 0 aliphatic heterocycles. The van der Waals surface area contributed by atoms with E-state index in [0.717, 1.165) is 22.3 Å². The Morgan fingerprint density at radius 1 is 1.00 bits per heavy atom. The normalized spacial score (nSPS) is 10.4. The Bertz CT molecular complexity index is 1030. The second kappa shape index (κ2) is 5.98. The number of ether oxygens (including phenoxy) is 1. The minimum Gasteiger partial charge on any atom is -0.497 e. The maximum Gasteiger partial charge on any atom is 0.189 e. The molecule has 4 rings (SSSR count). The van der Waals surface area contributed by atoms with Gasteiger partial charge in [-0.15, -0.1) is 0 Å². The van der Waals surface area contributed by atoms with Crippen molar-refractivity contribution >= 4 is 11.0 Å². The van der Waals surface area contributed by atoms with Crippen LogP contribution in [0.5, 0.6) is 5.75 Å². The van der Waals surface area contributed by atoms with Crippen LogP contribution in [0.4, 0.5) is 0 Å². The molecular formula is C20H14N2O2. The van der Waals surface area contributed by atoms with E-state index < -0.39 is 0 Å². The Kier molecular flexibility index (Phi) is 3.53. The van der Waals surface area contributed by atoms with Gasteiger partial charge in [-0.3, -0.25) is 0 Å². The summed E-state index contributed by atoms with van der Waals surface area (Å²) < 4.78 is 12.5. The Labute approximate surface area is 139 Å². The number of para-hydroxylation sites is 2. The molecular weight excluding hydrogens is 300 g/mol. The molecule has 0 fully saturated rings. The number of nitrogens with zero attached hydrogens (tertiary/aromatic N) is 2. The van der Waals surface area contributed by atoms with Gasteiger partial charge in [0.25, 0.3) is 0 Å². The van der Waals surface area contributed by atoms with Gasteiger partial charge >= 0.3 is 0 Å². The summed E-state index contributed by atoms with van der Waals surface area (Å²) in [6.07, 6.45) is 1.63. The molecule has 2 aromatic heterocycles. The SMILES string of the molecule is COc1ccc(C#Cn2c(-c3ccco3)nc3ccccc32)cc1. The van der Waals surface area contributed by atoms with E-state index >= 15 is 0 Å². The van der Waals surface area contributed by atoms with Gasteiger partial charge in [-0.05, 0) is 54.5 Å². The molecule has 4 aromatic rings. The van der Waals surface area contributed by atoms with Crippen LogP contribution in [0.15, 0.2) is 71.3 Å². The zero-order chi connectivity index (χ0) is 16.4. The standard InChI is InChI=1S/C20H14N2O2/c1-23-16-10-8-15(9-11-16)12-13-22-18-6-3-2-5-17(18)21-20(22)19-7-4-14-24-19/h2-11,14H,1H3. The zero-order valence-electron chi connectivity index (χ0n) is 13.1. The molecule has 2 heterocycles. The molecule has 0 amide bonds. The molecule has 0 N–H and O–H groups in total. The lowest BCUT2D eigenvalue weighted by Gasteiger charge is -1.99. The Hall–Kier alpha value is -3.45. The van der Waals surface area contributed by atoms with Crippen molar-refractivity contribution in [2.24, 2.45) is 0 Å². The molecule has 0 saturated heterocycles. The number of methoxy groups -OCH3 is 1. The van der Waals surface area contributed by atoms with Crippen LogP contribution < -0.4 is 4.74 Å². The molecule has 0 unspecified atom stereocenters. The molecule has 2 aromatic carbocycles. The first-order valence-electron chi connectivity index (χ1n) is 7.52. The van der Waals surface area contributed by atoms with Crippen LogP contribution in [0, 0.1) is 12.0 Å². The number of rotatable bonds is 2. The van der Waals surface area contributed by atoms with E-state index in [4.69, 9.17) is 9.15 Å². The van der Waals surface area contributed by atoms with E-state index in [1.54, 1.807) is 13.4 Å². The van der Waals surface area contributed by atoms with E-state index in [0.29, 0.717) is 11.6 Å². The molecule has 0 aliphatic carbocycles. The van der Waals surface area contributed by atoms with Crippen molar-refractivity contribution in [3.8, 4) is 29.3 Å². The summed E-state index contributed by atoms with van der Waals surface area (Å²) in [5.74, 6) is 5.37. The molecule has 0 radical (unpaired) electrons. The second-order valence-electron chi connectivity index (χ2n) is 5.20. The van der Waals surface area contributed by atoms with Crippen molar-refractivity contribution in [2.45, 2.75) is 0 Å². The van der Waals surface area contributed by atoms with Crippen LogP contribution in [-0.2, 0) is 0 Å². The molecule has 24 heavy (non-hydrogen) atoms. The van der Waals surface area contributed by atoms with Crippen LogP contribution in [0.2, 0.25) is 0 Å². The first-order valence-corrected chi connectivity index (χ1v) is 7.52. The van der Waals surface area contributed by atoms with Gasteiger partial charge in [0.05, 0.1) is 24.4 Å². The number of fused-ring (bicyclic) bond motifs is 1. The monoisotopic (exact) mass is 314 g/mol. The minimum atomic E-state index is 0.690. The van der Waals surface area contributed by atoms with Crippen molar-refractivity contribution in [3.05, 3.63) is 72.5 Å². The highest BCUT2D eigenvalue weighted by atomic mass is 16.5. The Morgan fingerprint density at radius 3 is 2.58 bits per heavy atom. The third-order valence-corrected chi connectivity index (χ3v) is 3.70. The summed E-state index contributed by atoms with van der Waals surface area (Å²) in [4.78, 5) is 4.64. The van der Waals surface area contributed by atoms with E-state index in [2.05, 4.69) is 16.9 Å². The molecule has 4 heteroatoms. The fourth-order valence-corrected chi connectivity index (χ4v) is 2.51. The van der Waals surface area contributed by atoms with Crippen molar-refractivity contribution in [3.63, 3.8) is 0 Å². The van der Waals surface area contributed by atoms with Gasteiger partial charge in [0.15, 0.2) is 11.6 Å². The lowest BCUT2D eigenvalue weighted by molar-refractivity contribution is 0.415. The third kappa shape index (κ3) is 2.53. The average molecular weight is 314 g/mol. The Morgan fingerprint density at radius 2 is 1.83 bits per heavy atom. The van der Waals surface area contributed by atoms with Crippen LogP contribution in [0.1, 0.15) is 5.56 Å².